The monoisotopic (exact) mass is 1460 g/mol. The predicted molar refractivity (Wildman–Crippen MR) is 339 cm³/mol. The molecular weight excluding hydrogens is 1360 g/mol. The van der Waals surface area contributed by atoms with E-state index in [-0.39, 0.29) is 63.5 Å². The van der Waals surface area contributed by atoms with Crippen LogP contribution in [0.1, 0.15) is 32.6 Å². The third-order valence-electron chi connectivity index (χ3n) is 17.4. The molecule has 552 valence electrons. The molecule has 6 aliphatic rings. The maximum atomic E-state index is 11.2. The number of thioether (sulfide) groups is 4. The van der Waals surface area contributed by atoms with Gasteiger partial charge in [-0.1, -0.05) is 6.92 Å². The first-order valence-electron chi connectivity index (χ1n) is 31.4. The molecule has 38 heteroatoms. The lowest BCUT2D eigenvalue weighted by molar-refractivity contribution is -0.338. The maximum absolute atomic E-state index is 11.2. The Labute approximate surface area is 567 Å². The van der Waals surface area contributed by atoms with E-state index >= 15 is 0 Å². The second kappa shape index (κ2) is 41.2. The highest BCUT2D eigenvalue weighted by atomic mass is 32.2. The van der Waals surface area contributed by atoms with E-state index in [9.17, 15) is 102 Å². The van der Waals surface area contributed by atoms with Crippen LogP contribution in [0.3, 0.4) is 0 Å². The average molecular weight is 1460 g/mol. The van der Waals surface area contributed by atoms with Gasteiger partial charge in [-0.25, -0.2) is 0 Å². The summed E-state index contributed by atoms with van der Waals surface area (Å²) in [5.41, 5.74) is -4.03. The molecule has 6 rings (SSSR count). The molecule has 0 aromatic carbocycles. The zero-order valence-electron chi connectivity index (χ0n) is 52.4. The second-order valence-electron chi connectivity index (χ2n) is 24.3. The van der Waals surface area contributed by atoms with E-state index in [1.807, 2.05) is 0 Å². The van der Waals surface area contributed by atoms with Crippen LogP contribution >= 0.6 is 59.3 Å². The lowest BCUT2D eigenvalue weighted by Gasteiger charge is -2.46. The van der Waals surface area contributed by atoms with E-state index in [4.69, 9.17) is 64.3 Å². The van der Waals surface area contributed by atoms with Crippen molar-refractivity contribution in [2.24, 2.45) is 17.3 Å². The molecule has 5 saturated heterocycles. The third-order valence-corrected chi connectivity index (χ3v) is 22.5. The number of rotatable bonds is 38. The fraction of sp³-hybridized carbons (Fsp3) is 0.982. The van der Waals surface area contributed by atoms with E-state index in [0.717, 1.165) is 35.3 Å². The number of hydrogen-bond donors (Lipinski definition) is 22. The number of ether oxygens (including phenoxy) is 11. The summed E-state index contributed by atoms with van der Waals surface area (Å²) in [5, 5.41) is 215. The molecule has 0 radical (unpaired) electrons. The normalized spacial score (nSPS) is 42.1. The smallest absolute Gasteiger partial charge is 0.187 e. The quantitative estimate of drug-likeness (QED) is 0.0202. The number of aliphatic hydroxyl groups excluding tert-OH is 20. The Bertz CT molecular complexity index is 2070. The molecule has 6 fully saturated rings. The molecule has 1 saturated carbocycles. The van der Waals surface area contributed by atoms with Gasteiger partial charge in [-0.3, -0.25) is 0 Å². The van der Waals surface area contributed by atoms with Crippen molar-refractivity contribution in [3.8, 4) is 0 Å². The fourth-order valence-corrected chi connectivity index (χ4v) is 16.0. The van der Waals surface area contributed by atoms with Gasteiger partial charge in [0.1, 0.15) is 132 Å². The molecule has 94 heavy (non-hydrogen) atoms. The van der Waals surface area contributed by atoms with Crippen molar-refractivity contribution in [1.29, 1.82) is 0 Å². The van der Waals surface area contributed by atoms with Crippen molar-refractivity contribution < 1.29 is 154 Å². The van der Waals surface area contributed by atoms with Gasteiger partial charge in [0, 0.05) is 70.0 Å². The Balaban J connectivity index is 1.07. The van der Waals surface area contributed by atoms with E-state index in [0.29, 0.717) is 48.8 Å². The zero-order chi connectivity index (χ0) is 69.0. The van der Waals surface area contributed by atoms with Crippen molar-refractivity contribution in [2.45, 2.75) is 202 Å². The minimum absolute atomic E-state index is 0.00585. The minimum Gasteiger partial charge on any atom is -0.396 e. The Morgan fingerprint density at radius 2 is 0.872 bits per heavy atom. The first-order chi connectivity index (χ1) is 44.9. The highest BCUT2D eigenvalue weighted by Crippen LogP contribution is 2.37. The maximum Gasteiger partial charge on any atom is 0.187 e. The largest absolute Gasteiger partial charge is 0.396 e. The zero-order valence-corrected chi connectivity index (χ0v) is 56.4. The van der Waals surface area contributed by atoms with Crippen molar-refractivity contribution in [3.05, 3.63) is 0 Å². The highest BCUT2D eigenvalue weighted by Gasteiger charge is 2.53. The van der Waals surface area contributed by atoms with E-state index in [2.05, 4.69) is 10.6 Å². The molecule has 33 nitrogen and oxygen atoms in total. The molecule has 0 spiro atoms. The summed E-state index contributed by atoms with van der Waals surface area (Å²) < 4.78 is 64.7. The van der Waals surface area contributed by atoms with Crippen LogP contribution in [0.2, 0.25) is 0 Å². The fourth-order valence-electron chi connectivity index (χ4n) is 11.5. The topological polar surface area (TPSA) is 530 Å². The van der Waals surface area contributed by atoms with Gasteiger partial charge in [-0.05, 0) is 55.2 Å². The number of hydrogen-bond acceptors (Lipinski definition) is 36. The van der Waals surface area contributed by atoms with Crippen LogP contribution in [-0.2, 0) is 52.1 Å². The van der Waals surface area contributed by atoms with Crippen molar-refractivity contribution in [1.82, 2.24) is 10.6 Å². The Hall–Kier alpha value is -0.150. The molecule has 0 aromatic heterocycles. The summed E-state index contributed by atoms with van der Waals surface area (Å²) in [6.45, 7) is -0.455. The van der Waals surface area contributed by atoms with Gasteiger partial charge >= 0.3 is 0 Å². The molecule has 14 unspecified atom stereocenters. The third kappa shape index (κ3) is 22.4. The van der Waals surface area contributed by atoms with Gasteiger partial charge in [0.15, 0.2) is 17.7 Å². The summed E-state index contributed by atoms with van der Waals surface area (Å²) in [7, 11) is 1.37. The Morgan fingerprint density at radius 3 is 1.34 bits per heavy atom. The SMILES string of the molecule is CO[C@H]1CC(CO)C(O[C@H]2OC(CSCCNC(=S)NCC(COCCCS[C@@H]3OC(CO)[C@@H](O)[C@H](O)C3O)(COCCCS[C@@H]3OC(CO)[C@@H](O)[C@H](O)C3O)COCCCS[C@@H]3OC(CO)[C@@H](O[C@@H]4OC(CO)[C@H](O)[C@H](O)C4O)[C@H](O)C3O)C(C)[C@H](O)C2O)[C@H](O)C1O. The number of aliphatic hydroxyl groups is 20. The van der Waals surface area contributed by atoms with Crippen LogP contribution in [0.4, 0.5) is 0 Å². The van der Waals surface area contributed by atoms with E-state index < -0.39 is 220 Å². The molecule has 0 amide bonds. The summed E-state index contributed by atoms with van der Waals surface area (Å²) in [5.74, 6) is 0.578. The number of methoxy groups -OCH3 is 1. The summed E-state index contributed by atoms with van der Waals surface area (Å²) in [6, 6.07) is 0. The molecule has 1 aliphatic carbocycles. The van der Waals surface area contributed by atoms with Crippen LogP contribution in [0.15, 0.2) is 0 Å². The molecule has 5 heterocycles. The van der Waals surface area contributed by atoms with Crippen LogP contribution < -0.4 is 10.6 Å². The van der Waals surface area contributed by atoms with Crippen molar-refractivity contribution in [3.63, 3.8) is 0 Å². The first kappa shape index (κ1) is 82.8. The van der Waals surface area contributed by atoms with Crippen molar-refractivity contribution in [2.75, 3.05) is 122 Å². The van der Waals surface area contributed by atoms with Crippen LogP contribution in [-0.4, -0.2) is 398 Å². The van der Waals surface area contributed by atoms with E-state index in [1.54, 1.807) is 6.92 Å². The predicted octanol–water partition coefficient (Wildman–Crippen LogP) is -8.97. The van der Waals surface area contributed by atoms with Gasteiger partial charge in [-0.2, -0.15) is 11.8 Å². The van der Waals surface area contributed by atoms with Gasteiger partial charge in [0.25, 0.3) is 0 Å². The first-order valence-corrected chi connectivity index (χ1v) is 36.2. The molecule has 0 bridgehead atoms. The van der Waals surface area contributed by atoms with Gasteiger partial charge in [0.2, 0.25) is 0 Å². The van der Waals surface area contributed by atoms with E-state index in [1.165, 1.54) is 18.9 Å². The highest BCUT2D eigenvalue weighted by molar-refractivity contribution is 8.00. The van der Waals surface area contributed by atoms with Gasteiger partial charge < -0.3 is 165 Å². The van der Waals surface area contributed by atoms with Crippen LogP contribution in [0.25, 0.3) is 0 Å². The average Bonchev–Trinajstić information content (AvgIpc) is 0.833. The lowest BCUT2D eigenvalue weighted by Crippen LogP contribution is -2.64. The number of thiocarbonyl (C=S) groups is 1. The lowest BCUT2D eigenvalue weighted by atomic mass is 9.81. The molecule has 0 aromatic rings. The van der Waals surface area contributed by atoms with Crippen molar-refractivity contribution >= 4 is 64.4 Å². The molecule has 30 atom stereocenters. The number of nitrogens with one attached hydrogen (secondary N) is 2. The molecule has 22 N–H and O–H groups in total. The van der Waals surface area contributed by atoms with Crippen LogP contribution in [0, 0.1) is 17.3 Å². The second-order valence-corrected chi connectivity index (χ2v) is 29.5. The Morgan fingerprint density at radius 1 is 0.457 bits per heavy atom. The summed E-state index contributed by atoms with van der Waals surface area (Å²) in [6.07, 6.45) is -33.8. The molecular formula is C56H102N2O31S5. The Kier molecular flexibility index (Phi) is 36.3. The van der Waals surface area contributed by atoms with Gasteiger partial charge in [-0.15, -0.1) is 35.3 Å². The van der Waals surface area contributed by atoms with Crippen LogP contribution in [0.5, 0.6) is 0 Å². The summed E-state index contributed by atoms with van der Waals surface area (Å²) in [4.78, 5) is 0. The van der Waals surface area contributed by atoms with Gasteiger partial charge in [0.05, 0.1) is 76.1 Å². The minimum atomic E-state index is -1.83. The summed E-state index contributed by atoms with van der Waals surface area (Å²) >= 11 is 10.6. The molecule has 5 aliphatic heterocycles. The standard InChI is InChI=1S/C56H102N2O31S5/c1-25-32(84-50(43(74)33(25)64)88-48-26(15-59)14-27(79-2)34(65)41(48)72)20-91-13-6-57-55(90)58-21-56(22-80-7-3-10-92-52-45(76)39(70)36(67)29(17-61)85-52,23-81-8-4-11-93-53-46(77)40(71)37(68)30(18-62)86-53)24-82-9-5-12-94-54-47(78)42(73)49(31(19-63)87-54)89-51-44(75)38(69)35(66)28(16-60)83-51/h25-54,59-78H,3-24H2,1-2H3,(H2,57,58,90)/t25?,26?,27-,28?,29?,30?,31?,32?,33-,34?,35-,36+,37+,38-,39-,40-,41+,42+,43?,44?,45?,46?,47?,48?,49+,50+,51-,52-,53-,54-,56?/m0/s1.